The van der Waals surface area contributed by atoms with E-state index < -0.39 is 0 Å². The monoisotopic (exact) mass is 380 g/mol. The summed E-state index contributed by atoms with van der Waals surface area (Å²) in [6.07, 6.45) is 0. The minimum absolute atomic E-state index is 0.136. The number of fused-ring (bicyclic) bond motifs is 2. The predicted molar refractivity (Wildman–Crippen MR) is 112 cm³/mol. The van der Waals surface area contributed by atoms with Crippen molar-refractivity contribution in [1.82, 2.24) is 0 Å². The van der Waals surface area contributed by atoms with Crippen LogP contribution in [-0.4, -0.2) is 5.78 Å². The maximum Gasteiger partial charge on any atom is 0.228 e. The quantitative estimate of drug-likeness (QED) is 0.374. The van der Waals surface area contributed by atoms with E-state index in [1.165, 1.54) is 6.07 Å². The fourth-order valence-electron chi connectivity index (χ4n) is 3.55. The van der Waals surface area contributed by atoms with E-state index in [0.717, 1.165) is 10.9 Å². The van der Waals surface area contributed by atoms with Crippen LogP contribution in [-0.2, 0) is 0 Å². The summed E-state index contributed by atoms with van der Waals surface area (Å²) in [4.78, 5) is 25.6. The topological polar surface area (TPSA) is 60.4 Å². The third-order valence-corrected chi connectivity index (χ3v) is 5.09. The van der Waals surface area contributed by atoms with Gasteiger partial charge in [0.1, 0.15) is 16.9 Å². The van der Waals surface area contributed by atoms with Gasteiger partial charge in [-0.15, -0.1) is 0 Å². The van der Waals surface area contributed by atoms with Crippen LogP contribution >= 0.6 is 0 Å². The van der Waals surface area contributed by atoms with E-state index in [-0.39, 0.29) is 17.0 Å². The van der Waals surface area contributed by atoms with Gasteiger partial charge in [-0.25, -0.2) is 0 Å². The van der Waals surface area contributed by atoms with Crippen LogP contribution in [0.25, 0.3) is 33.3 Å². The van der Waals surface area contributed by atoms with Crippen molar-refractivity contribution in [3.05, 3.63) is 106 Å². The summed E-state index contributed by atoms with van der Waals surface area (Å²) >= 11 is 0. The number of rotatable bonds is 3. The number of aryl methyl sites for hydroxylation is 1. The first-order valence-electron chi connectivity index (χ1n) is 9.28. The normalized spacial score (nSPS) is 11.2. The minimum Gasteiger partial charge on any atom is -0.456 e. The van der Waals surface area contributed by atoms with Crippen LogP contribution in [0.2, 0.25) is 0 Å². The molecule has 0 bridgehead atoms. The van der Waals surface area contributed by atoms with Gasteiger partial charge < -0.3 is 8.83 Å². The Hall–Kier alpha value is -3.92. The van der Waals surface area contributed by atoms with Crippen LogP contribution in [0.5, 0.6) is 0 Å². The number of ketones is 1. The Morgan fingerprint density at radius 2 is 1.41 bits per heavy atom. The van der Waals surface area contributed by atoms with Crippen molar-refractivity contribution < 1.29 is 13.6 Å². The molecule has 2 aromatic heterocycles. The molecule has 0 aliphatic carbocycles. The molecule has 0 radical (unpaired) electrons. The molecule has 29 heavy (non-hydrogen) atoms. The summed E-state index contributed by atoms with van der Waals surface area (Å²) < 4.78 is 11.9. The molecule has 0 unspecified atom stereocenters. The lowest BCUT2D eigenvalue weighted by atomic mass is 10.0. The lowest BCUT2D eigenvalue weighted by Crippen LogP contribution is -2.01. The second-order valence-corrected chi connectivity index (χ2v) is 6.94. The number of hydrogen-bond donors (Lipinski definition) is 0. The van der Waals surface area contributed by atoms with Crippen molar-refractivity contribution in [2.24, 2.45) is 0 Å². The Labute approximate surface area is 166 Å². The molecule has 4 heteroatoms. The Morgan fingerprint density at radius 3 is 2.14 bits per heavy atom. The van der Waals surface area contributed by atoms with Crippen molar-refractivity contribution >= 4 is 27.7 Å². The zero-order chi connectivity index (χ0) is 20.0. The molecule has 0 saturated carbocycles. The van der Waals surface area contributed by atoms with Crippen LogP contribution in [0.4, 0.5) is 0 Å². The smallest absolute Gasteiger partial charge is 0.228 e. The van der Waals surface area contributed by atoms with E-state index >= 15 is 0 Å². The summed E-state index contributed by atoms with van der Waals surface area (Å²) in [6, 6.07) is 23.4. The first kappa shape index (κ1) is 17.2. The second kappa shape index (κ2) is 6.60. The van der Waals surface area contributed by atoms with Gasteiger partial charge in [0, 0.05) is 34.2 Å². The highest BCUT2D eigenvalue weighted by Gasteiger charge is 2.20. The zero-order valence-corrected chi connectivity index (χ0v) is 15.6. The Kier molecular flexibility index (Phi) is 3.91. The average Bonchev–Trinajstić information content (AvgIpc) is 3.08. The molecule has 0 aliphatic rings. The van der Waals surface area contributed by atoms with Crippen molar-refractivity contribution in [2.75, 3.05) is 0 Å². The van der Waals surface area contributed by atoms with Gasteiger partial charge >= 0.3 is 0 Å². The summed E-state index contributed by atoms with van der Waals surface area (Å²) in [7, 11) is 0. The molecule has 0 N–H and O–H groups in total. The molecular formula is C25H16O4. The molecule has 2 heterocycles. The van der Waals surface area contributed by atoms with Crippen LogP contribution in [0, 0.1) is 6.92 Å². The van der Waals surface area contributed by atoms with Gasteiger partial charge in [-0.3, -0.25) is 9.59 Å². The Morgan fingerprint density at radius 1 is 0.759 bits per heavy atom. The number of furan rings is 1. The van der Waals surface area contributed by atoms with E-state index in [2.05, 4.69) is 0 Å². The number of carbonyl (C=O) groups excluding carboxylic acids is 1. The lowest BCUT2D eigenvalue weighted by molar-refractivity contribution is 0.101. The maximum atomic E-state index is 12.9. The fraction of sp³-hybridized carbons (Fsp3) is 0.0400. The lowest BCUT2D eigenvalue weighted by Gasteiger charge is -2.03. The van der Waals surface area contributed by atoms with Crippen molar-refractivity contribution in [1.29, 1.82) is 0 Å². The zero-order valence-electron chi connectivity index (χ0n) is 15.6. The summed E-state index contributed by atoms with van der Waals surface area (Å²) in [5.41, 5.74) is 2.90. The van der Waals surface area contributed by atoms with Crippen LogP contribution < -0.4 is 5.43 Å². The van der Waals surface area contributed by atoms with E-state index in [4.69, 9.17) is 8.83 Å². The van der Waals surface area contributed by atoms with E-state index in [9.17, 15) is 9.59 Å². The van der Waals surface area contributed by atoms with Crippen LogP contribution in [0.15, 0.2) is 92.5 Å². The van der Waals surface area contributed by atoms with Crippen molar-refractivity contribution in [2.45, 2.75) is 6.92 Å². The highest BCUT2D eigenvalue weighted by molar-refractivity contribution is 6.11. The highest BCUT2D eigenvalue weighted by Crippen LogP contribution is 2.31. The Balaban J connectivity index is 1.70. The molecular weight excluding hydrogens is 364 g/mol. The summed E-state index contributed by atoms with van der Waals surface area (Å²) in [5, 5.41) is 1.19. The van der Waals surface area contributed by atoms with Crippen molar-refractivity contribution in [3.63, 3.8) is 0 Å². The van der Waals surface area contributed by atoms with E-state index in [1.807, 2.05) is 55.5 Å². The molecule has 5 rings (SSSR count). The third kappa shape index (κ3) is 2.86. The average molecular weight is 380 g/mol. The standard InChI is InChI=1S/C25H16O4/c1-15-18-12-19-20(26)13-21(16-8-4-2-5-9-16)28-23(19)14-22(18)29-25(15)24(27)17-10-6-3-7-11-17/h2-14H,1H3. The molecule has 5 aromatic rings. The molecule has 3 aromatic carbocycles. The largest absolute Gasteiger partial charge is 0.456 e. The summed E-state index contributed by atoms with van der Waals surface area (Å²) in [6.45, 7) is 1.83. The van der Waals surface area contributed by atoms with Crippen LogP contribution in [0.3, 0.4) is 0 Å². The molecule has 140 valence electrons. The first-order chi connectivity index (χ1) is 14.1. The highest BCUT2D eigenvalue weighted by atomic mass is 16.4. The molecule has 0 spiro atoms. The van der Waals surface area contributed by atoms with Gasteiger partial charge in [0.15, 0.2) is 11.2 Å². The number of benzene rings is 3. The molecule has 0 atom stereocenters. The van der Waals surface area contributed by atoms with Gasteiger partial charge in [-0.1, -0.05) is 60.7 Å². The Bertz CT molecular complexity index is 1420. The van der Waals surface area contributed by atoms with E-state index in [0.29, 0.717) is 33.4 Å². The fourth-order valence-corrected chi connectivity index (χ4v) is 3.55. The maximum absolute atomic E-state index is 12.9. The van der Waals surface area contributed by atoms with Gasteiger partial charge in [-0.2, -0.15) is 0 Å². The molecule has 4 nitrogen and oxygen atoms in total. The van der Waals surface area contributed by atoms with Gasteiger partial charge in [0.25, 0.3) is 0 Å². The predicted octanol–water partition coefficient (Wildman–Crippen LogP) is 5.75. The van der Waals surface area contributed by atoms with Crippen molar-refractivity contribution in [3.8, 4) is 11.3 Å². The SMILES string of the molecule is Cc1c(C(=O)c2ccccc2)oc2cc3oc(-c4ccccc4)cc(=O)c3cc12. The molecule has 0 fully saturated rings. The number of hydrogen-bond acceptors (Lipinski definition) is 4. The third-order valence-electron chi connectivity index (χ3n) is 5.09. The minimum atomic E-state index is -0.187. The first-order valence-corrected chi connectivity index (χ1v) is 9.28. The van der Waals surface area contributed by atoms with Gasteiger partial charge in [0.05, 0.1) is 5.39 Å². The molecule has 0 aliphatic heterocycles. The van der Waals surface area contributed by atoms with Gasteiger partial charge in [-0.05, 0) is 13.0 Å². The van der Waals surface area contributed by atoms with Crippen LogP contribution in [0.1, 0.15) is 21.7 Å². The molecule has 0 saturated heterocycles. The van der Waals surface area contributed by atoms with Gasteiger partial charge in [0.2, 0.25) is 5.78 Å². The second-order valence-electron chi connectivity index (χ2n) is 6.94. The summed E-state index contributed by atoms with van der Waals surface area (Å²) in [5.74, 6) is 0.580. The van der Waals surface area contributed by atoms with E-state index in [1.54, 1.807) is 24.3 Å². The number of carbonyl (C=O) groups is 1. The molecule has 0 amide bonds.